The molecule has 0 aliphatic carbocycles. The summed E-state index contributed by atoms with van der Waals surface area (Å²) in [5.41, 5.74) is 12.8. The smallest absolute Gasteiger partial charge is 0.203 e. The molecule has 0 saturated carbocycles. The van der Waals surface area contributed by atoms with Crippen LogP contribution in [0, 0.1) is 6.92 Å². The molecule has 1 heterocycles. The molecule has 53 heavy (non-hydrogen) atoms. The fourth-order valence-electron chi connectivity index (χ4n) is 6.37. The van der Waals surface area contributed by atoms with E-state index < -0.39 is 0 Å². The molecule has 0 bridgehead atoms. The molecule has 0 radical (unpaired) electrons. The standard InChI is InChI=1S/C25H29NO2.C20H22BrNO3/c1-7-9-19-13-20(10-11-21(19)16(3)4)23-15-28-26-25(23)22-14-18(8-2)24(27-6)12-17(22)5;1-6-16(13-7-9-15(21)10-8-13)19(22-2)14-11-17(23-3)20(25-5)18(12-14)24-4/h7,9-16H,8H2,1-6H3;6-12H,1-5H3/b9-7-;16-6-,22-19?. The highest BCUT2D eigenvalue weighted by atomic mass is 79.9. The van der Waals surface area contributed by atoms with Gasteiger partial charge in [0.15, 0.2) is 11.5 Å². The summed E-state index contributed by atoms with van der Waals surface area (Å²) >= 11 is 3.47. The van der Waals surface area contributed by atoms with Gasteiger partial charge in [-0.15, -0.1) is 0 Å². The van der Waals surface area contributed by atoms with Crippen molar-refractivity contribution in [3.8, 4) is 45.4 Å². The summed E-state index contributed by atoms with van der Waals surface area (Å²) in [5, 5.41) is 4.35. The molecule has 278 valence electrons. The van der Waals surface area contributed by atoms with Crippen LogP contribution >= 0.6 is 15.9 Å². The summed E-state index contributed by atoms with van der Waals surface area (Å²) in [6, 6.07) is 22.8. The van der Waals surface area contributed by atoms with Gasteiger partial charge in [-0.3, -0.25) is 4.99 Å². The number of halogens is 1. The van der Waals surface area contributed by atoms with Crippen LogP contribution in [0.2, 0.25) is 0 Å². The van der Waals surface area contributed by atoms with Crippen molar-refractivity contribution in [3.05, 3.63) is 123 Å². The van der Waals surface area contributed by atoms with Crippen molar-refractivity contribution in [2.75, 3.05) is 35.5 Å². The lowest BCUT2D eigenvalue weighted by molar-refractivity contribution is 0.324. The molecule has 5 rings (SSSR count). The molecule has 0 saturated heterocycles. The Hall–Kier alpha value is -5.08. The molecule has 7 nitrogen and oxygen atoms in total. The van der Waals surface area contributed by atoms with E-state index in [2.05, 4.69) is 121 Å². The van der Waals surface area contributed by atoms with E-state index in [0.29, 0.717) is 23.2 Å². The number of allylic oxidation sites excluding steroid dienone is 3. The zero-order chi connectivity index (χ0) is 38.7. The molecule has 0 N–H and O–H groups in total. The number of methoxy groups -OCH3 is 4. The van der Waals surface area contributed by atoms with Crippen LogP contribution in [0.25, 0.3) is 34.0 Å². The third-order valence-electron chi connectivity index (χ3n) is 9.06. The van der Waals surface area contributed by atoms with Gasteiger partial charge in [0.1, 0.15) is 17.7 Å². The van der Waals surface area contributed by atoms with Crippen LogP contribution in [-0.2, 0) is 6.42 Å². The summed E-state index contributed by atoms with van der Waals surface area (Å²) in [6.45, 7) is 12.7. The van der Waals surface area contributed by atoms with Gasteiger partial charge < -0.3 is 23.5 Å². The van der Waals surface area contributed by atoms with Crippen LogP contribution in [-0.4, -0.2) is 46.4 Å². The van der Waals surface area contributed by atoms with Crippen LogP contribution in [0.4, 0.5) is 0 Å². The Bertz CT molecular complexity index is 2070. The van der Waals surface area contributed by atoms with Crippen LogP contribution in [0.5, 0.6) is 23.0 Å². The van der Waals surface area contributed by atoms with E-state index in [4.69, 9.17) is 23.5 Å². The Balaban J connectivity index is 0.000000238. The maximum absolute atomic E-state index is 5.53. The largest absolute Gasteiger partial charge is 0.496 e. The Morgan fingerprint density at radius 2 is 1.49 bits per heavy atom. The summed E-state index contributed by atoms with van der Waals surface area (Å²) in [6.07, 6.45) is 8.95. The zero-order valence-corrected chi connectivity index (χ0v) is 34.3. The maximum atomic E-state index is 5.53. The van der Waals surface area contributed by atoms with Gasteiger partial charge in [0.05, 0.1) is 34.2 Å². The number of hydrogen-bond donors (Lipinski definition) is 0. The summed E-state index contributed by atoms with van der Waals surface area (Å²) < 4.78 is 28.3. The van der Waals surface area contributed by atoms with Crippen LogP contribution in [0.15, 0.2) is 99.1 Å². The number of aromatic nitrogens is 1. The quantitative estimate of drug-likeness (QED) is 0.117. The fraction of sp³-hybridized carbons (Fsp3) is 0.289. The van der Waals surface area contributed by atoms with Crippen molar-refractivity contribution < 1.29 is 23.5 Å². The lowest BCUT2D eigenvalue weighted by atomic mass is 9.91. The molecule has 0 fully saturated rings. The first kappa shape index (κ1) is 40.7. The minimum Gasteiger partial charge on any atom is -0.496 e. The minimum absolute atomic E-state index is 0.471. The van der Waals surface area contributed by atoms with Gasteiger partial charge >= 0.3 is 0 Å². The lowest BCUT2D eigenvalue weighted by Crippen LogP contribution is -2.06. The zero-order valence-electron chi connectivity index (χ0n) is 32.8. The topological polar surface area (TPSA) is 75.3 Å². The molecular weight excluding hydrogens is 728 g/mol. The summed E-state index contributed by atoms with van der Waals surface area (Å²) in [4.78, 5) is 4.52. The molecule has 0 spiro atoms. The third kappa shape index (κ3) is 9.30. The van der Waals surface area contributed by atoms with E-state index in [1.165, 1.54) is 16.7 Å². The molecule has 0 unspecified atom stereocenters. The second-order valence-corrected chi connectivity index (χ2v) is 13.5. The Morgan fingerprint density at radius 3 is 2.02 bits per heavy atom. The van der Waals surface area contributed by atoms with Crippen LogP contribution in [0.1, 0.15) is 73.9 Å². The number of benzene rings is 4. The first-order chi connectivity index (χ1) is 25.6. The van der Waals surface area contributed by atoms with E-state index in [-0.39, 0.29) is 0 Å². The Morgan fingerprint density at radius 1 is 0.830 bits per heavy atom. The first-order valence-corrected chi connectivity index (χ1v) is 18.5. The number of rotatable bonds is 12. The second-order valence-electron chi connectivity index (χ2n) is 12.6. The molecule has 0 aliphatic heterocycles. The predicted molar refractivity (Wildman–Crippen MR) is 223 cm³/mol. The van der Waals surface area contributed by atoms with Crippen molar-refractivity contribution in [1.29, 1.82) is 0 Å². The van der Waals surface area contributed by atoms with Gasteiger partial charge in [0.2, 0.25) is 5.75 Å². The molecule has 0 aliphatic rings. The molecule has 5 aromatic rings. The maximum Gasteiger partial charge on any atom is 0.203 e. The number of ether oxygens (including phenoxy) is 4. The average molecular weight is 780 g/mol. The highest BCUT2D eigenvalue weighted by molar-refractivity contribution is 9.10. The minimum atomic E-state index is 0.471. The highest BCUT2D eigenvalue weighted by Crippen LogP contribution is 2.40. The predicted octanol–water partition coefficient (Wildman–Crippen LogP) is 12.0. The normalized spacial score (nSPS) is 11.8. The van der Waals surface area contributed by atoms with Gasteiger partial charge in [-0.05, 0) is 109 Å². The van der Waals surface area contributed by atoms with E-state index >= 15 is 0 Å². The lowest BCUT2D eigenvalue weighted by Gasteiger charge is -2.17. The molecule has 8 heteroatoms. The van der Waals surface area contributed by atoms with Crippen molar-refractivity contribution in [1.82, 2.24) is 5.16 Å². The molecule has 0 amide bonds. The van der Waals surface area contributed by atoms with Gasteiger partial charge in [-0.25, -0.2) is 0 Å². The van der Waals surface area contributed by atoms with Gasteiger partial charge in [0.25, 0.3) is 0 Å². The summed E-state index contributed by atoms with van der Waals surface area (Å²) in [5.74, 6) is 3.16. The Labute approximate surface area is 323 Å². The number of nitrogens with zero attached hydrogens (tertiary/aromatic N) is 2. The van der Waals surface area contributed by atoms with Crippen LogP contribution < -0.4 is 18.9 Å². The molecule has 4 aromatic carbocycles. The van der Waals surface area contributed by atoms with Crippen molar-refractivity contribution in [3.63, 3.8) is 0 Å². The van der Waals surface area contributed by atoms with Gasteiger partial charge in [-0.2, -0.15) is 0 Å². The second kappa shape index (κ2) is 19.1. The van der Waals surface area contributed by atoms with Crippen molar-refractivity contribution >= 4 is 33.3 Å². The number of hydrogen-bond acceptors (Lipinski definition) is 7. The van der Waals surface area contributed by atoms with E-state index in [0.717, 1.165) is 67.0 Å². The number of aliphatic imine (C=N–C) groups is 1. The highest BCUT2D eigenvalue weighted by Gasteiger charge is 2.20. The fourth-order valence-corrected chi connectivity index (χ4v) is 6.63. The van der Waals surface area contributed by atoms with Crippen molar-refractivity contribution in [2.24, 2.45) is 4.99 Å². The first-order valence-electron chi connectivity index (χ1n) is 17.7. The molecule has 1 aromatic heterocycles. The summed E-state index contributed by atoms with van der Waals surface area (Å²) in [7, 11) is 8.30. The van der Waals surface area contributed by atoms with E-state index in [1.807, 2.05) is 31.2 Å². The van der Waals surface area contributed by atoms with E-state index in [9.17, 15) is 0 Å². The SMILES string of the molecule is C/C=C(\C(=NC)c1cc(OC)c(OC)c(OC)c1)c1ccc(Br)cc1.C/C=C\c1cc(-c2conc2-c2cc(CC)c(OC)cc2C)ccc1C(C)C. The van der Waals surface area contributed by atoms with E-state index in [1.54, 1.807) is 41.8 Å². The van der Waals surface area contributed by atoms with Gasteiger partial charge in [-0.1, -0.05) is 84.4 Å². The molecular formula is C45H51BrN2O5. The van der Waals surface area contributed by atoms with Crippen LogP contribution in [0.3, 0.4) is 0 Å². The Kier molecular flexibility index (Phi) is 14.7. The molecule has 0 atom stereocenters. The average Bonchev–Trinajstić information content (AvgIpc) is 3.66. The monoisotopic (exact) mass is 778 g/mol. The number of aryl methyl sites for hydroxylation is 2. The third-order valence-corrected chi connectivity index (χ3v) is 9.59. The van der Waals surface area contributed by atoms with Crippen molar-refractivity contribution in [2.45, 2.75) is 53.9 Å². The van der Waals surface area contributed by atoms with Gasteiger partial charge in [0, 0.05) is 33.8 Å².